The molecule has 0 radical (unpaired) electrons. The molecule has 2 aromatic carbocycles. The van der Waals surface area contributed by atoms with Gasteiger partial charge in [0.05, 0.1) is 26.9 Å². The van der Waals surface area contributed by atoms with Gasteiger partial charge in [0.25, 0.3) is 0 Å². The summed E-state index contributed by atoms with van der Waals surface area (Å²) in [6.07, 6.45) is 4.68. The Hall–Kier alpha value is -2.16. The van der Waals surface area contributed by atoms with E-state index in [1.54, 1.807) is 21.3 Å². The van der Waals surface area contributed by atoms with Crippen molar-refractivity contribution < 1.29 is 14.2 Å². The SMILES string of the molecule is CCCCCc1cc(OC)c(-c2cc(C)c(OC)c(C)c2)c(OC)c1. The summed E-state index contributed by atoms with van der Waals surface area (Å²) in [5, 5.41) is 0. The largest absolute Gasteiger partial charge is 0.496 e. The second-order valence-electron chi connectivity index (χ2n) is 6.48. The first kappa shape index (κ1) is 19.2. The number of aryl methyl sites for hydroxylation is 3. The highest BCUT2D eigenvalue weighted by molar-refractivity contribution is 5.79. The molecule has 0 N–H and O–H groups in total. The van der Waals surface area contributed by atoms with Crippen LogP contribution in [0.1, 0.15) is 42.9 Å². The van der Waals surface area contributed by atoms with Gasteiger partial charge in [0, 0.05) is 0 Å². The Kier molecular flexibility index (Phi) is 6.74. The minimum atomic E-state index is 0.856. The minimum absolute atomic E-state index is 0.856. The van der Waals surface area contributed by atoms with Crippen LogP contribution in [-0.4, -0.2) is 21.3 Å². The summed E-state index contributed by atoms with van der Waals surface area (Å²) in [5.41, 5.74) is 5.55. The van der Waals surface area contributed by atoms with Gasteiger partial charge in [0.2, 0.25) is 0 Å². The van der Waals surface area contributed by atoms with Crippen molar-refractivity contribution in [1.82, 2.24) is 0 Å². The van der Waals surface area contributed by atoms with Crippen LogP contribution < -0.4 is 14.2 Å². The molecule has 136 valence electrons. The summed E-state index contributed by atoms with van der Waals surface area (Å²) in [6, 6.07) is 8.54. The Morgan fingerprint density at radius 3 is 1.76 bits per heavy atom. The van der Waals surface area contributed by atoms with E-state index in [0.29, 0.717) is 0 Å². The van der Waals surface area contributed by atoms with Crippen molar-refractivity contribution in [1.29, 1.82) is 0 Å². The third-order valence-corrected chi connectivity index (χ3v) is 4.59. The van der Waals surface area contributed by atoms with E-state index in [1.807, 2.05) is 0 Å². The van der Waals surface area contributed by atoms with Crippen LogP contribution in [0.5, 0.6) is 17.2 Å². The average Bonchev–Trinajstić information content (AvgIpc) is 2.60. The zero-order valence-electron chi connectivity index (χ0n) is 16.4. The average molecular weight is 342 g/mol. The van der Waals surface area contributed by atoms with Crippen LogP contribution in [0.25, 0.3) is 11.1 Å². The molecule has 3 heteroatoms. The van der Waals surface area contributed by atoms with Gasteiger partial charge >= 0.3 is 0 Å². The van der Waals surface area contributed by atoms with E-state index in [1.165, 1.54) is 24.8 Å². The number of rotatable bonds is 8. The topological polar surface area (TPSA) is 27.7 Å². The number of unbranched alkanes of at least 4 members (excludes halogenated alkanes) is 2. The number of methoxy groups -OCH3 is 3. The molecule has 25 heavy (non-hydrogen) atoms. The zero-order chi connectivity index (χ0) is 18.4. The van der Waals surface area contributed by atoms with Gasteiger partial charge in [0.1, 0.15) is 17.2 Å². The van der Waals surface area contributed by atoms with Crippen LogP contribution >= 0.6 is 0 Å². The van der Waals surface area contributed by atoms with Crippen LogP contribution in [-0.2, 0) is 6.42 Å². The Morgan fingerprint density at radius 1 is 0.760 bits per heavy atom. The predicted molar refractivity (Wildman–Crippen MR) is 104 cm³/mol. The number of ether oxygens (including phenoxy) is 3. The van der Waals surface area contributed by atoms with E-state index in [4.69, 9.17) is 14.2 Å². The third-order valence-electron chi connectivity index (χ3n) is 4.59. The van der Waals surface area contributed by atoms with E-state index in [0.717, 1.165) is 45.9 Å². The lowest BCUT2D eigenvalue weighted by Gasteiger charge is -2.18. The summed E-state index contributed by atoms with van der Waals surface area (Å²) in [7, 11) is 5.15. The molecular weight excluding hydrogens is 312 g/mol. The third kappa shape index (κ3) is 4.28. The van der Waals surface area contributed by atoms with E-state index < -0.39 is 0 Å². The van der Waals surface area contributed by atoms with Gasteiger partial charge in [-0.15, -0.1) is 0 Å². The molecule has 0 aliphatic heterocycles. The predicted octanol–water partition coefficient (Wildman–Crippen LogP) is 5.73. The second kappa shape index (κ2) is 8.80. The monoisotopic (exact) mass is 342 g/mol. The molecule has 0 atom stereocenters. The fourth-order valence-electron chi connectivity index (χ4n) is 3.39. The molecule has 0 bridgehead atoms. The van der Waals surface area contributed by atoms with E-state index in [2.05, 4.69) is 45.0 Å². The summed E-state index contributed by atoms with van der Waals surface area (Å²) in [4.78, 5) is 0. The van der Waals surface area contributed by atoms with E-state index >= 15 is 0 Å². The fourth-order valence-corrected chi connectivity index (χ4v) is 3.39. The van der Waals surface area contributed by atoms with Crippen molar-refractivity contribution in [3.05, 3.63) is 41.0 Å². The van der Waals surface area contributed by atoms with Crippen molar-refractivity contribution in [3.8, 4) is 28.4 Å². The van der Waals surface area contributed by atoms with Crippen molar-refractivity contribution in [2.75, 3.05) is 21.3 Å². The normalized spacial score (nSPS) is 10.6. The molecule has 0 spiro atoms. The lowest BCUT2D eigenvalue weighted by Crippen LogP contribution is -1.98. The molecular formula is C22H30O3. The summed E-state index contributed by atoms with van der Waals surface area (Å²) >= 11 is 0. The summed E-state index contributed by atoms with van der Waals surface area (Å²) in [5.74, 6) is 2.64. The second-order valence-corrected chi connectivity index (χ2v) is 6.48. The molecule has 0 amide bonds. The molecule has 0 unspecified atom stereocenters. The van der Waals surface area contributed by atoms with Gasteiger partial charge in [-0.05, 0) is 73.2 Å². The molecule has 0 fully saturated rings. The van der Waals surface area contributed by atoms with E-state index in [9.17, 15) is 0 Å². The maximum Gasteiger partial charge on any atom is 0.130 e. The molecule has 0 aliphatic rings. The highest BCUT2D eigenvalue weighted by Gasteiger charge is 2.17. The quantitative estimate of drug-likeness (QED) is 0.573. The highest BCUT2D eigenvalue weighted by Crippen LogP contribution is 2.42. The zero-order valence-corrected chi connectivity index (χ0v) is 16.4. The Labute approximate surface area is 151 Å². The van der Waals surface area contributed by atoms with Crippen LogP contribution in [0, 0.1) is 13.8 Å². The van der Waals surface area contributed by atoms with Crippen LogP contribution in [0.3, 0.4) is 0 Å². The Balaban J connectivity index is 2.53. The molecule has 0 aromatic heterocycles. The van der Waals surface area contributed by atoms with Crippen molar-refractivity contribution in [2.45, 2.75) is 46.5 Å². The fraction of sp³-hybridized carbons (Fsp3) is 0.455. The number of hydrogen-bond donors (Lipinski definition) is 0. The molecule has 0 saturated carbocycles. The highest BCUT2D eigenvalue weighted by atomic mass is 16.5. The molecule has 2 aromatic rings. The minimum Gasteiger partial charge on any atom is -0.496 e. The van der Waals surface area contributed by atoms with Crippen LogP contribution in [0.15, 0.2) is 24.3 Å². The smallest absolute Gasteiger partial charge is 0.130 e. The molecule has 0 aliphatic carbocycles. The van der Waals surface area contributed by atoms with Crippen LogP contribution in [0.4, 0.5) is 0 Å². The van der Waals surface area contributed by atoms with Gasteiger partial charge in [-0.3, -0.25) is 0 Å². The lowest BCUT2D eigenvalue weighted by molar-refractivity contribution is 0.396. The first-order valence-electron chi connectivity index (χ1n) is 8.96. The molecule has 0 heterocycles. The van der Waals surface area contributed by atoms with Crippen molar-refractivity contribution >= 4 is 0 Å². The molecule has 2 rings (SSSR count). The van der Waals surface area contributed by atoms with Crippen molar-refractivity contribution in [2.24, 2.45) is 0 Å². The Bertz CT molecular complexity index is 671. The van der Waals surface area contributed by atoms with E-state index in [-0.39, 0.29) is 0 Å². The Morgan fingerprint density at radius 2 is 1.32 bits per heavy atom. The summed E-state index contributed by atoms with van der Waals surface area (Å²) < 4.78 is 16.9. The maximum atomic E-state index is 5.71. The lowest BCUT2D eigenvalue weighted by atomic mass is 9.95. The molecule has 3 nitrogen and oxygen atoms in total. The summed E-state index contributed by atoms with van der Waals surface area (Å²) in [6.45, 7) is 6.35. The number of benzene rings is 2. The molecule has 0 saturated heterocycles. The first-order valence-corrected chi connectivity index (χ1v) is 8.96. The standard InChI is InChI=1S/C22H30O3/c1-7-8-9-10-17-13-19(23-4)21(20(14-17)24-5)18-11-15(2)22(25-6)16(3)12-18/h11-14H,7-10H2,1-6H3. The van der Waals surface area contributed by atoms with Gasteiger partial charge in [-0.25, -0.2) is 0 Å². The van der Waals surface area contributed by atoms with Gasteiger partial charge in [-0.2, -0.15) is 0 Å². The van der Waals surface area contributed by atoms with Crippen LogP contribution in [0.2, 0.25) is 0 Å². The maximum absolute atomic E-state index is 5.71. The van der Waals surface area contributed by atoms with Gasteiger partial charge < -0.3 is 14.2 Å². The van der Waals surface area contributed by atoms with Gasteiger partial charge in [0.15, 0.2) is 0 Å². The van der Waals surface area contributed by atoms with Gasteiger partial charge in [-0.1, -0.05) is 19.8 Å². The van der Waals surface area contributed by atoms with Crippen molar-refractivity contribution in [3.63, 3.8) is 0 Å². The first-order chi connectivity index (χ1) is 12.0. The number of hydrogen-bond acceptors (Lipinski definition) is 3.